The highest BCUT2D eigenvalue weighted by atomic mass is 19.1. The Morgan fingerprint density at radius 3 is 2.74 bits per heavy atom. The van der Waals surface area contributed by atoms with Gasteiger partial charge in [0.25, 0.3) is 0 Å². The van der Waals surface area contributed by atoms with Crippen molar-refractivity contribution in [3.8, 4) is 17.2 Å². The van der Waals surface area contributed by atoms with Gasteiger partial charge in [-0.1, -0.05) is 0 Å². The number of hydrogen-bond acceptors (Lipinski definition) is 4. The van der Waals surface area contributed by atoms with Crippen LogP contribution in [0.1, 0.15) is 0 Å². The minimum Gasteiger partial charge on any atom is -0.492 e. The van der Waals surface area contributed by atoms with Crippen LogP contribution in [0.5, 0.6) is 17.2 Å². The molecule has 120 valence electrons. The van der Waals surface area contributed by atoms with Gasteiger partial charge in [-0.05, 0) is 36.4 Å². The smallest absolute Gasteiger partial charge is 0.319 e. The van der Waals surface area contributed by atoms with Crippen molar-refractivity contribution in [3.63, 3.8) is 0 Å². The number of benzene rings is 2. The molecule has 7 heteroatoms. The first kappa shape index (κ1) is 15.0. The van der Waals surface area contributed by atoms with E-state index in [0.717, 1.165) is 0 Å². The summed E-state index contributed by atoms with van der Waals surface area (Å²) < 4.78 is 28.5. The number of carbonyl (C=O) groups is 1. The van der Waals surface area contributed by atoms with Crippen LogP contribution in [-0.2, 0) is 0 Å². The van der Waals surface area contributed by atoms with Crippen molar-refractivity contribution in [3.05, 3.63) is 48.3 Å². The van der Waals surface area contributed by atoms with Crippen molar-refractivity contribution in [2.75, 3.05) is 25.3 Å². The highest BCUT2D eigenvalue weighted by molar-refractivity contribution is 5.89. The van der Waals surface area contributed by atoms with Gasteiger partial charge in [-0.25, -0.2) is 9.18 Å². The summed E-state index contributed by atoms with van der Waals surface area (Å²) >= 11 is 0. The quantitative estimate of drug-likeness (QED) is 0.832. The number of rotatable bonds is 5. The third-order valence-corrected chi connectivity index (χ3v) is 3.10. The third kappa shape index (κ3) is 4.03. The maximum Gasteiger partial charge on any atom is 0.319 e. The molecule has 6 nitrogen and oxygen atoms in total. The molecule has 1 aliphatic rings. The molecule has 2 aromatic rings. The molecule has 0 spiro atoms. The molecule has 0 aromatic heterocycles. The average Bonchev–Trinajstić information content (AvgIpc) is 3.01. The predicted octanol–water partition coefficient (Wildman–Crippen LogP) is 2.75. The average molecular weight is 318 g/mol. The molecular weight excluding hydrogens is 303 g/mol. The summed E-state index contributed by atoms with van der Waals surface area (Å²) in [5, 5.41) is 5.35. The molecular formula is C16H15FN2O4. The molecule has 0 saturated heterocycles. The summed E-state index contributed by atoms with van der Waals surface area (Å²) in [5.41, 5.74) is 0.603. The van der Waals surface area contributed by atoms with Gasteiger partial charge in [0, 0.05) is 11.8 Å². The van der Waals surface area contributed by atoms with Crippen LogP contribution in [0.25, 0.3) is 0 Å². The van der Waals surface area contributed by atoms with Gasteiger partial charge in [-0.2, -0.15) is 0 Å². The van der Waals surface area contributed by atoms with Gasteiger partial charge in [-0.3, -0.25) is 0 Å². The van der Waals surface area contributed by atoms with Crippen molar-refractivity contribution in [1.29, 1.82) is 0 Å². The second kappa shape index (κ2) is 6.87. The summed E-state index contributed by atoms with van der Waals surface area (Å²) in [6.45, 7) is 0.777. The van der Waals surface area contributed by atoms with Crippen LogP contribution >= 0.6 is 0 Å². The fourth-order valence-electron chi connectivity index (χ4n) is 2.01. The number of fused-ring (bicyclic) bond motifs is 1. The Bertz CT molecular complexity index is 691. The first-order valence-corrected chi connectivity index (χ1v) is 7.03. The van der Waals surface area contributed by atoms with Crippen molar-refractivity contribution < 1.29 is 23.4 Å². The molecule has 0 atom stereocenters. The highest BCUT2D eigenvalue weighted by Crippen LogP contribution is 2.34. The second-order valence-corrected chi connectivity index (χ2v) is 4.75. The van der Waals surface area contributed by atoms with Gasteiger partial charge in [-0.15, -0.1) is 0 Å². The minimum atomic E-state index is -0.355. The Balaban J connectivity index is 1.40. The molecule has 1 heterocycles. The standard InChI is InChI=1S/C16H15FN2O4/c17-11-1-4-13(5-2-11)21-8-7-18-16(20)19-12-3-6-14-15(9-12)23-10-22-14/h1-6,9H,7-8,10H2,(H2,18,19,20). The van der Waals surface area contributed by atoms with E-state index in [-0.39, 0.29) is 25.2 Å². The molecule has 2 N–H and O–H groups in total. The third-order valence-electron chi connectivity index (χ3n) is 3.10. The molecule has 0 radical (unpaired) electrons. The van der Waals surface area contributed by atoms with Gasteiger partial charge < -0.3 is 24.8 Å². The lowest BCUT2D eigenvalue weighted by Gasteiger charge is -2.09. The zero-order valence-electron chi connectivity index (χ0n) is 12.2. The number of urea groups is 1. The first-order valence-electron chi connectivity index (χ1n) is 7.03. The van der Waals surface area contributed by atoms with Crippen molar-refractivity contribution in [2.24, 2.45) is 0 Å². The van der Waals surface area contributed by atoms with E-state index < -0.39 is 0 Å². The van der Waals surface area contributed by atoms with Gasteiger partial charge in [0.1, 0.15) is 18.2 Å². The number of nitrogens with one attached hydrogen (secondary N) is 2. The number of anilines is 1. The Kier molecular flexibility index (Phi) is 4.46. The molecule has 0 bridgehead atoms. The Morgan fingerprint density at radius 1 is 1.13 bits per heavy atom. The van der Waals surface area contributed by atoms with Crippen molar-refractivity contribution >= 4 is 11.7 Å². The SMILES string of the molecule is O=C(NCCOc1ccc(F)cc1)Nc1ccc2c(c1)OCO2. The number of halogens is 1. The number of amides is 2. The van der Waals surface area contributed by atoms with Crippen LogP contribution < -0.4 is 24.8 Å². The van der Waals surface area contributed by atoms with Crippen LogP contribution in [0.2, 0.25) is 0 Å². The maximum absolute atomic E-state index is 12.7. The van der Waals surface area contributed by atoms with Gasteiger partial charge >= 0.3 is 6.03 Å². The fraction of sp³-hybridized carbons (Fsp3) is 0.188. The first-order chi connectivity index (χ1) is 11.2. The number of ether oxygens (including phenoxy) is 3. The molecule has 0 fully saturated rings. The van der Waals surface area contributed by atoms with E-state index in [1.807, 2.05) is 0 Å². The van der Waals surface area contributed by atoms with Crippen LogP contribution in [-0.4, -0.2) is 26.0 Å². The lowest BCUT2D eigenvalue weighted by atomic mass is 10.3. The molecule has 23 heavy (non-hydrogen) atoms. The lowest BCUT2D eigenvalue weighted by Crippen LogP contribution is -2.32. The Morgan fingerprint density at radius 2 is 1.91 bits per heavy atom. The van der Waals surface area contributed by atoms with Gasteiger partial charge in [0.2, 0.25) is 6.79 Å². The summed E-state index contributed by atoms with van der Waals surface area (Å²) in [6, 6.07) is 10.5. The maximum atomic E-state index is 12.7. The number of hydrogen-bond donors (Lipinski definition) is 2. The van der Waals surface area contributed by atoms with Crippen LogP contribution in [0.4, 0.5) is 14.9 Å². The van der Waals surface area contributed by atoms with E-state index in [2.05, 4.69) is 10.6 Å². The highest BCUT2D eigenvalue weighted by Gasteiger charge is 2.13. The Hall–Kier alpha value is -2.96. The van der Waals surface area contributed by atoms with Crippen molar-refractivity contribution in [2.45, 2.75) is 0 Å². The van der Waals surface area contributed by atoms with Crippen LogP contribution in [0.3, 0.4) is 0 Å². The summed E-state index contributed by atoms with van der Waals surface area (Å²) in [4.78, 5) is 11.8. The molecule has 0 saturated carbocycles. The second-order valence-electron chi connectivity index (χ2n) is 4.75. The lowest BCUT2D eigenvalue weighted by molar-refractivity contribution is 0.174. The van der Waals surface area contributed by atoms with Crippen molar-refractivity contribution in [1.82, 2.24) is 5.32 Å². The van der Waals surface area contributed by atoms with E-state index in [1.165, 1.54) is 24.3 Å². The zero-order chi connectivity index (χ0) is 16.1. The molecule has 1 aliphatic heterocycles. The molecule has 2 aromatic carbocycles. The van der Waals surface area contributed by atoms with Gasteiger partial charge in [0.15, 0.2) is 11.5 Å². The molecule has 0 aliphatic carbocycles. The van der Waals surface area contributed by atoms with Crippen LogP contribution in [0, 0.1) is 5.82 Å². The summed E-state index contributed by atoms with van der Waals surface area (Å²) in [6.07, 6.45) is 0. The van der Waals surface area contributed by atoms with E-state index in [4.69, 9.17) is 14.2 Å². The largest absolute Gasteiger partial charge is 0.492 e. The predicted molar refractivity (Wildman–Crippen MR) is 81.5 cm³/mol. The van der Waals surface area contributed by atoms with E-state index in [1.54, 1.807) is 18.2 Å². The molecule has 2 amide bonds. The number of carbonyl (C=O) groups excluding carboxylic acids is 1. The van der Waals surface area contributed by atoms with E-state index >= 15 is 0 Å². The topological polar surface area (TPSA) is 68.8 Å². The zero-order valence-corrected chi connectivity index (χ0v) is 12.2. The van der Waals surface area contributed by atoms with Crippen LogP contribution in [0.15, 0.2) is 42.5 Å². The summed E-state index contributed by atoms with van der Waals surface area (Å²) in [5.74, 6) is 1.48. The Labute approximate surface area is 132 Å². The normalized spacial score (nSPS) is 11.9. The molecule has 0 unspecified atom stereocenters. The molecule has 3 rings (SSSR count). The summed E-state index contributed by atoms with van der Waals surface area (Å²) in [7, 11) is 0. The fourth-order valence-corrected chi connectivity index (χ4v) is 2.01. The van der Waals surface area contributed by atoms with E-state index in [9.17, 15) is 9.18 Å². The minimum absolute atomic E-state index is 0.186. The monoisotopic (exact) mass is 318 g/mol. The van der Waals surface area contributed by atoms with Gasteiger partial charge in [0.05, 0.1) is 6.54 Å². The van der Waals surface area contributed by atoms with E-state index in [0.29, 0.717) is 29.5 Å².